The van der Waals surface area contributed by atoms with Crippen molar-refractivity contribution in [3.63, 3.8) is 0 Å². The molecule has 0 aliphatic heterocycles. The zero-order valence-electron chi connectivity index (χ0n) is 10.3. The maximum Gasteiger partial charge on any atom is 0.155 e. The Hall–Kier alpha value is -2.40. The van der Waals surface area contributed by atoms with Gasteiger partial charge in [-0.2, -0.15) is 4.68 Å². The van der Waals surface area contributed by atoms with Gasteiger partial charge in [0.1, 0.15) is 11.5 Å². The lowest BCUT2D eigenvalue weighted by Gasteiger charge is -2.03. The molecule has 3 rings (SSSR count). The SMILES string of the molecule is Nc1c(-c2ccc(Cl)cc2)nnn1-c1cccc(F)c1. The quantitative estimate of drug-likeness (QED) is 0.787. The van der Waals surface area contributed by atoms with Gasteiger partial charge in [0.15, 0.2) is 5.82 Å². The number of nitrogens with zero attached hydrogens (tertiary/aromatic N) is 3. The summed E-state index contributed by atoms with van der Waals surface area (Å²) in [5, 5.41) is 8.64. The molecule has 0 spiro atoms. The second-order valence-corrected chi connectivity index (χ2v) is 4.66. The third kappa shape index (κ3) is 2.23. The number of rotatable bonds is 2. The Balaban J connectivity index is 2.07. The highest BCUT2D eigenvalue weighted by Gasteiger charge is 2.13. The van der Waals surface area contributed by atoms with E-state index in [0.717, 1.165) is 5.56 Å². The first-order valence-electron chi connectivity index (χ1n) is 5.88. The van der Waals surface area contributed by atoms with Crippen LogP contribution in [0, 0.1) is 5.82 Å². The van der Waals surface area contributed by atoms with Gasteiger partial charge < -0.3 is 5.73 Å². The summed E-state index contributed by atoms with van der Waals surface area (Å²) in [6, 6.07) is 13.1. The number of benzene rings is 2. The van der Waals surface area contributed by atoms with Crippen molar-refractivity contribution >= 4 is 17.4 Å². The molecular formula is C14H10ClFN4. The van der Waals surface area contributed by atoms with Crippen LogP contribution in [-0.4, -0.2) is 15.0 Å². The highest BCUT2D eigenvalue weighted by molar-refractivity contribution is 6.30. The molecule has 4 nitrogen and oxygen atoms in total. The van der Waals surface area contributed by atoms with E-state index in [1.54, 1.807) is 36.4 Å². The second kappa shape index (κ2) is 4.94. The van der Waals surface area contributed by atoms with Crippen molar-refractivity contribution in [2.24, 2.45) is 0 Å². The van der Waals surface area contributed by atoms with Crippen molar-refractivity contribution in [1.82, 2.24) is 15.0 Å². The Morgan fingerprint density at radius 2 is 1.85 bits per heavy atom. The predicted molar refractivity (Wildman–Crippen MR) is 76.2 cm³/mol. The molecule has 2 aromatic carbocycles. The van der Waals surface area contributed by atoms with Crippen molar-refractivity contribution in [3.05, 3.63) is 59.4 Å². The van der Waals surface area contributed by atoms with Crippen molar-refractivity contribution in [3.8, 4) is 16.9 Å². The van der Waals surface area contributed by atoms with E-state index in [2.05, 4.69) is 10.3 Å². The Morgan fingerprint density at radius 3 is 2.55 bits per heavy atom. The smallest absolute Gasteiger partial charge is 0.155 e. The van der Waals surface area contributed by atoms with Crippen LogP contribution < -0.4 is 5.73 Å². The summed E-state index contributed by atoms with van der Waals surface area (Å²) >= 11 is 5.84. The molecule has 0 bridgehead atoms. The Kier molecular flexibility index (Phi) is 3.12. The van der Waals surface area contributed by atoms with Crippen LogP contribution >= 0.6 is 11.6 Å². The zero-order valence-corrected chi connectivity index (χ0v) is 11.0. The van der Waals surface area contributed by atoms with Gasteiger partial charge >= 0.3 is 0 Å². The molecule has 2 N–H and O–H groups in total. The summed E-state index contributed by atoms with van der Waals surface area (Å²) in [6.45, 7) is 0. The molecular weight excluding hydrogens is 279 g/mol. The molecule has 1 heterocycles. The molecule has 0 unspecified atom stereocenters. The molecule has 20 heavy (non-hydrogen) atoms. The predicted octanol–water partition coefficient (Wildman–Crippen LogP) is 3.31. The van der Waals surface area contributed by atoms with Crippen LogP contribution in [0.2, 0.25) is 5.02 Å². The average molecular weight is 289 g/mol. The van der Waals surface area contributed by atoms with Gasteiger partial charge in [-0.25, -0.2) is 4.39 Å². The molecule has 0 fully saturated rings. The van der Waals surface area contributed by atoms with Gasteiger partial charge in [0, 0.05) is 10.6 Å². The molecule has 0 atom stereocenters. The molecule has 6 heteroatoms. The van der Waals surface area contributed by atoms with Gasteiger partial charge in [-0.15, -0.1) is 5.10 Å². The van der Waals surface area contributed by atoms with E-state index in [4.69, 9.17) is 17.3 Å². The minimum Gasteiger partial charge on any atom is -0.382 e. The van der Waals surface area contributed by atoms with Crippen molar-refractivity contribution < 1.29 is 4.39 Å². The third-order valence-electron chi connectivity index (χ3n) is 2.88. The first-order valence-corrected chi connectivity index (χ1v) is 6.26. The van der Waals surface area contributed by atoms with Gasteiger partial charge in [0.25, 0.3) is 0 Å². The largest absolute Gasteiger partial charge is 0.382 e. The van der Waals surface area contributed by atoms with Gasteiger partial charge in [0.2, 0.25) is 0 Å². The van der Waals surface area contributed by atoms with E-state index >= 15 is 0 Å². The van der Waals surface area contributed by atoms with E-state index in [9.17, 15) is 4.39 Å². The third-order valence-corrected chi connectivity index (χ3v) is 3.13. The van der Waals surface area contributed by atoms with E-state index in [-0.39, 0.29) is 5.82 Å². The molecule has 0 amide bonds. The highest BCUT2D eigenvalue weighted by atomic mass is 35.5. The first kappa shape index (κ1) is 12.6. The van der Waals surface area contributed by atoms with Crippen molar-refractivity contribution in [2.75, 3.05) is 5.73 Å². The fourth-order valence-electron chi connectivity index (χ4n) is 1.90. The molecule has 0 saturated heterocycles. The summed E-state index contributed by atoms with van der Waals surface area (Å²) in [4.78, 5) is 0. The van der Waals surface area contributed by atoms with E-state index in [0.29, 0.717) is 22.2 Å². The molecule has 0 saturated carbocycles. The summed E-state index contributed by atoms with van der Waals surface area (Å²) in [5.74, 6) is -0.0108. The number of halogens is 2. The molecule has 1 aromatic heterocycles. The molecule has 3 aromatic rings. The Bertz CT molecular complexity index is 752. The van der Waals surface area contributed by atoms with E-state index in [1.165, 1.54) is 16.8 Å². The van der Waals surface area contributed by atoms with E-state index < -0.39 is 0 Å². The molecule has 0 radical (unpaired) electrons. The highest BCUT2D eigenvalue weighted by Crippen LogP contribution is 2.26. The number of aromatic nitrogens is 3. The van der Waals surface area contributed by atoms with Crippen LogP contribution in [0.5, 0.6) is 0 Å². The monoisotopic (exact) mass is 288 g/mol. The summed E-state index contributed by atoms with van der Waals surface area (Å²) in [6.07, 6.45) is 0. The summed E-state index contributed by atoms with van der Waals surface area (Å²) < 4.78 is 14.6. The Labute approximate surface area is 119 Å². The lowest BCUT2D eigenvalue weighted by molar-refractivity contribution is 0.625. The lowest BCUT2D eigenvalue weighted by Crippen LogP contribution is -2.02. The minimum absolute atomic E-state index is 0.345. The average Bonchev–Trinajstić information content (AvgIpc) is 2.82. The maximum atomic E-state index is 13.2. The van der Waals surface area contributed by atoms with Gasteiger partial charge in [-0.1, -0.05) is 35.0 Å². The first-order chi connectivity index (χ1) is 9.65. The number of nitrogen functional groups attached to an aromatic ring is 1. The van der Waals surface area contributed by atoms with Crippen LogP contribution in [0.15, 0.2) is 48.5 Å². The fourth-order valence-corrected chi connectivity index (χ4v) is 2.03. The van der Waals surface area contributed by atoms with E-state index in [1.807, 2.05) is 0 Å². The number of anilines is 1. The molecule has 100 valence electrons. The normalized spacial score (nSPS) is 10.7. The topological polar surface area (TPSA) is 56.7 Å². The van der Waals surface area contributed by atoms with Gasteiger partial charge in [0.05, 0.1) is 5.69 Å². The van der Waals surface area contributed by atoms with Gasteiger partial charge in [-0.3, -0.25) is 0 Å². The van der Waals surface area contributed by atoms with Crippen molar-refractivity contribution in [2.45, 2.75) is 0 Å². The van der Waals surface area contributed by atoms with Crippen molar-refractivity contribution in [1.29, 1.82) is 0 Å². The summed E-state index contributed by atoms with van der Waals surface area (Å²) in [5.41, 5.74) is 7.90. The fraction of sp³-hybridized carbons (Fsp3) is 0. The molecule has 0 aliphatic carbocycles. The maximum absolute atomic E-state index is 13.2. The van der Waals surface area contributed by atoms with Crippen LogP contribution in [0.25, 0.3) is 16.9 Å². The number of hydrogen-bond acceptors (Lipinski definition) is 3. The minimum atomic E-state index is -0.356. The Morgan fingerprint density at radius 1 is 1.10 bits per heavy atom. The molecule has 0 aliphatic rings. The van der Waals surface area contributed by atoms with Gasteiger partial charge in [-0.05, 0) is 30.3 Å². The van der Waals surface area contributed by atoms with Crippen LogP contribution in [0.4, 0.5) is 10.2 Å². The summed E-state index contributed by atoms with van der Waals surface area (Å²) in [7, 11) is 0. The van der Waals surface area contributed by atoms with Crippen LogP contribution in [0.1, 0.15) is 0 Å². The number of hydrogen-bond donors (Lipinski definition) is 1. The number of nitrogens with two attached hydrogens (primary N) is 1. The van der Waals surface area contributed by atoms with Crippen LogP contribution in [-0.2, 0) is 0 Å². The lowest BCUT2D eigenvalue weighted by atomic mass is 10.1. The second-order valence-electron chi connectivity index (χ2n) is 4.22. The standard InChI is InChI=1S/C14H10ClFN4/c15-10-6-4-9(5-7-10)13-14(17)20(19-18-13)12-3-1-2-11(16)8-12/h1-8H,17H2. The zero-order chi connectivity index (χ0) is 14.1. The van der Waals surface area contributed by atoms with Crippen LogP contribution in [0.3, 0.4) is 0 Å².